The van der Waals surface area contributed by atoms with Gasteiger partial charge < -0.3 is 10.2 Å². The quantitative estimate of drug-likeness (QED) is 0.649. The maximum atomic E-state index is 10.6. The number of fused-ring (bicyclic) bond motifs is 2. The van der Waals surface area contributed by atoms with Crippen LogP contribution in [0.15, 0.2) is 12.4 Å². The molecule has 1 aromatic rings. The predicted octanol–water partition coefficient (Wildman–Crippen LogP) is 1.10. The van der Waals surface area contributed by atoms with Gasteiger partial charge in [-0.2, -0.15) is 0 Å². The molecule has 0 saturated carbocycles. The average molecular weight is 263 g/mol. The summed E-state index contributed by atoms with van der Waals surface area (Å²) in [6.45, 7) is 0. The van der Waals surface area contributed by atoms with Crippen molar-refractivity contribution in [3.8, 4) is 0 Å². The van der Waals surface area contributed by atoms with Gasteiger partial charge in [-0.15, -0.1) is 0 Å². The van der Waals surface area contributed by atoms with Gasteiger partial charge in [-0.3, -0.25) is 10.1 Å². The number of nitrogens with one attached hydrogen (secondary N) is 1. The van der Waals surface area contributed by atoms with Gasteiger partial charge in [0.1, 0.15) is 12.4 Å². The molecule has 3 rings (SSSR count). The maximum Gasteiger partial charge on any atom is 0.305 e. The summed E-state index contributed by atoms with van der Waals surface area (Å²) < 4.78 is 0. The highest BCUT2D eigenvalue weighted by molar-refractivity contribution is 5.34. The molecule has 2 atom stereocenters. The van der Waals surface area contributed by atoms with E-state index in [9.17, 15) is 10.1 Å². The number of nitrogens with zero attached hydrogens (tertiary/aromatic N) is 4. The zero-order valence-electron chi connectivity index (χ0n) is 10.8. The summed E-state index contributed by atoms with van der Waals surface area (Å²) in [4.78, 5) is 20.4. The lowest BCUT2D eigenvalue weighted by Crippen LogP contribution is -2.47. The van der Waals surface area contributed by atoms with E-state index in [4.69, 9.17) is 0 Å². The Labute approximate surface area is 111 Å². The van der Waals surface area contributed by atoms with Crippen molar-refractivity contribution in [2.75, 3.05) is 11.9 Å². The molecule has 2 aliphatic heterocycles. The van der Waals surface area contributed by atoms with E-state index in [1.54, 1.807) is 0 Å². The van der Waals surface area contributed by atoms with Crippen LogP contribution < -0.4 is 10.2 Å². The number of aromatic nitrogens is 2. The van der Waals surface area contributed by atoms with Gasteiger partial charge in [0.2, 0.25) is 5.95 Å². The van der Waals surface area contributed by atoms with Crippen LogP contribution in [-0.4, -0.2) is 40.1 Å². The van der Waals surface area contributed by atoms with Crippen molar-refractivity contribution in [2.45, 2.75) is 43.8 Å². The van der Waals surface area contributed by atoms with Crippen molar-refractivity contribution in [3.05, 3.63) is 22.5 Å². The smallest absolute Gasteiger partial charge is 0.305 e. The monoisotopic (exact) mass is 263 g/mol. The Morgan fingerprint density at radius 1 is 1.32 bits per heavy atom. The third-order valence-electron chi connectivity index (χ3n) is 4.15. The van der Waals surface area contributed by atoms with E-state index in [0.29, 0.717) is 24.1 Å². The minimum Gasteiger partial charge on any atom is -0.341 e. The summed E-state index contributed by atoms with van der Waals surface area (Å²) in [5.74, 6) is 0.567. The fourth-order valence-electron chi connectivity index (χ4n) is 3.10. The fraction of sp³-hybridized carbons (Fsp3) is 0.667. The molecule has 102 valence electrons. The van der Waals surface area contributed by atoms with Crippen LogP contribution in [0, 0.1) is 10.1 Å². The molecule has 19 heavy (non-hydrogen) atoms. The number of nitro groups is 1. The van der Waals surface area contributed by atoms with E-state index < -0.39 is 4.92 Å². The van der Waals surface area contributed by atoms with Crippen LogP contribution in [0.3, 0.4) is 0 Å². The van der Waals surface area contributed by atoms with Crippen molar-refractivity contribution in [3.63, 3.8) is 0 Å². The lowest BCUT2D eigenvalue weighted by atomic mass is 9.99. The summed E-state index contributed by atoms with van der Waals surface area (Å²) in [6, 6.07) is 1.62. The van der Waals surface area contributed by atoms with E-state index in [2.05, 4.69) is 20.2 Å². The number of hydrogen-bond donors (Lipinski definition) is 1. The third-order valence-corrected chi connectivity index (χ3v) is 4.15. The largest absolute Gasteiger partial charge is 0.341 e. The van der Waals surface area contributed by atoms with Gasteiger partial charge in [-0.25, -0.2) is 9.97 Å². The third kappa shape index (κ3) is 2.37. The summed E-state index contributed by atoms with van der Waals surface area (Å²) in [6.07, 6.45) is 7.22. The summed E-state index contributed by atoms with van der Waals surface area (Å²) in [7, 11) is 1.97. The Balaban J connectivity index is 1.72. The normalized spacial score (nSPS) is 29.2. The molecule has 0 spiro atoms. The molecule has 2 unspecified atom stereocenters. The molecule has 7 nitrogen and oxygen atoms in total. The SMILES string of the molecule is CN(c1ncc([N+](=O)[O-])cn1)C1CC2CCC(C1)N2. The maximum absolute atomic E-state index is 10.6. The Morgan fingerprint density at radius 3 is 2.42 bits per heavy atom. The highest BCUT2D eigenvalue weighted by Gasteiger charge is 2.35. The highest BCUT2D eigenvalue weighted by Crippen LogP contribution is 2.30. The van der Waals surface area contributed by atoms with Crippen LogP contribution in [0.4, 0.5) is 11.6 Å². The van der Waals surface area contributed by atoms with E-state index in [-0.39, 0.29) is 5.69 Å². The van der Waals surface area contributed by atoms with E-state index in [1.165, 1.54) is 25.2 Å². The highest BCUT2D eigenvalue weighted by atomic mass is 16.6. The molecule has 7 heteroatoms. The zero-order valence-corrected chi connectivity index (χ0v) is 10.8. The lowest BCUT2D eigenvalue weighted by Gasteiger charge is -2.35. The molecular weight excluding hydrogens is 246 g/mol. The molecule has 3 heterocycles. The van der Waals surface area contributed by atoms with Crippen LogP contribution in [0.2, 0.25) is 0 Å². The van der Waals surface area contributed by atoms with Gasteiger partial charge in [0.15, 0.2) is 0 Å². The summed E-state index contributed by atoms with van der Waals surface area (Å²) in [5, 5.41) is 14.2. The van der Waals surface area contributed by atoms with Gasteiger partial charge in [0.25, 0.3) is 0 Å². The molecule has 0 aliphatic carbocycles. The van der Waals surface area contributed by atoms with Gasteiger partial charge >= 0.3 is 5.69 Å². The fourth-order valence-corrected chi connectivity index (χ4v) is 3.10. The molecule has 2 aliphatic rings. The van der Waals surface area contributed by atoms with Crippen LogP contribution in [-0.2, 0) is 0 Å². The molecule has 2 fully saturated rings. The Morgan fingerprint density at radius 2 is 1.89 bits per heavy atom. The zero-order chi connectivity index (χ0) is 13.4. The second-order valence-corrected chi connectivity index (χ2v) is 5.37. The van der Waals surface area contributed by atoms with Crippen LogP contribution in [0.5, 0.6) is 0 Å². The van der Waals surface area contributed by atoms with Crippen molar-refractivity contribution in [1.82, 2.24) is 15.3 Å². The first kappa shape index (κ1) is 12.3. The van der Waals surface area contributed by atoms with E-state index in [1.807, 2.05) is 7.05 Å². The lowest BCUT2D eigenvalue weighted by molar-refractivity contribution is -0.385. The van der Waals surface area contributed by atoms with Crippen molar-refractivity contribution >= 4 is 11.6 Å². The number of anilines is 1. The van der Waals surface area contributed by atoms with Crippen molar-refractivity contribution < 1.29 is 4.92 Å². The van der Waals surface area contributed by atoms with Gasteiger partial charge in [0, 0.05) is 25.2 Å². The molecule has 2 bridgehead atoms. The second kappa shape index (κ2) is 4.73. The number of hydrogen-bond acceptors (Lipinski definition) is 6. The minimum atomic E-state index is -0.478. The van der Waals surface area contributed by atoms with Gasteiger partial charge in [0.05, 0.1) is 4.92 Å². The van der Waals surface area contributed by atoms with Crippen molar-refractivity contribution in [2.24, 2.45) is 0 Å². The molecule has 2 saturated heterocycles. The number of piperidine rings is 1. The Kier molecular flexibility index (Phi) is 3.06. The second-order valence-electron chi connectivity index (χ2n) is 5.37. The minimum absolute atomic E-state index is 0.0671. The molecule has 0 amide bonds. The molecule has 0 radical (unpaired) electrons. The Bertz CT molecular complexity index is 466. The first-order valence-electron chi connectivity index (χ1n) is 6.59. The Hall–Kier alpha value is -1.76. The summed E-state index contributed by atoms with van der Waals surface area (Å²) in [5.41, 5.74) is -0.0671. The van der Waals surface area contributed by atoms with E-state index in [0.717, 1.165) is 12.8 Å². The topological polar surface area (TPSA) is 84.2 Å². The standard InChI is InChI=1S/C12H17N5O2/c1-16(10-4-8-2-3-9(5-10)15-8)12-13-6-11(7-14-12)17(18)19/h6-10,15H,2-5H2,1H3. The molecule has 1 aromatic heterocycles. The average Bonchev–Trinajstić information content (AvgIpc) is 2.76. The van der Waals surface area contributed by atoms with E-state index >= 15 is 0 Å². The van der Waals surface area contributed by atoms with Gasteiger partial charge in [-0.1, -0.05) is 0 Å². The first-order chi connectivity index (χ1) is 9.13. The number of rotatable bonds is 3. The summed E-state index contributed by atoms with van der Waals surface area (Å²) >= 11 is 0. The van der Waals surface area contributed by atoms with Gasteiger partial charge in [-0.05, 0) is 25.7 Å². The molecular formula is C12H17N5O2. The first-order valence-corrected chi connectivity index (χ1v) is 6.59. The van der Waals surface area contributed by atoms with Crippen LogP contribution in [0.25, 0.3) is 0 Å². The van der Waals surface area contributed by atoms with Crippen LogP contribution >= 0.6 is 0 Å². The molecule has 0 aromatic carbocycles. The van der Waals surface area contributed by atoms with Crippen molar-refractivity contribution in [1.29, 1.82) is 0 Å². The predicted molar refractivity (Wildman–Crippen MR) is 70.1 cm³/mol. The molecule has 1 N–H and O–H groups in total. The van der Waals surface area contributed by atoms with Crippen LogP contribution in [0.1, 0.15) is 25.7 Å².